The smallest absolute Gasteiger partial charge is 0.131 e. The van der Waals surface area contributed by atoms with Gasteiger partial charge in [0, 0.05) is 25.1 Å². The molecule has 0 aliphatic rings. The van der Waals surface area contributed by atoms with Crippen LogP contribution in [0.2, 0.25) is 0 Å². The van der Waals surface area contributed by atoms with Crippen LogP contribution in [0.15, 0.2) is 18.2 Å². The molecule has 0 spiro atoms. The van der Waals surface area contributed by atoms with Crippen LogP contribution in [-0.2, 0) is 6.42 Å². The van der Waals surface area contributed by atoms with Crippen molar-refractivity contribution >= 4 is 5.82 Å². The van der Waals surface area contributed by atoms with Crippen molar-refractivity contribution in [1.29, 1.82) is 0 Å². The zero-order valence-corrected chi connectivity index (χ0v) is 13.0. The molecule has 3 heteroatoms. The summed E-state index contributed by atoms with van der Waals surface area (Å²) in [7, 11) is 1.90. The molecule has 0 aliphatic heterocycles. The van der Waals surface area contributed by atoms with Gasteiger partial charge < -0.3 is 5.32 Å². The second-order valence-corrected chi connectivity index (χ2v) is 5.33. The van der Waals surface area contributed by atoms with Gasteiger partial charge >= 0.3 is 0 Å². The number of hydrogen-bond donors (Lipinski definition) is 1. The maximum Gasteiger partial charge on any atom is 0.131 e. The third-order valence-corrected chi connectivity index (χ3v) is 3.44. The SMILES string of the molecule is CCCc1nc(NC)cc(-c2c(C)cc(C)cc2C)n1. The Kier molecular flexibility index (Phi) is 4.38. The van der Waals surface area contributed by atoms with Crippen LogP contribution >= 0.6 is 0 Å². The van der Waals surface area contributed by atoms with Crippen molar-refractivity contribution in [2.45, 2.75) is 40.5 Å². The molecule has 2 aromatic rings. The highest BCUT2D eigenvalue weighted by Gasteiger charge is 2.11. The summed E-state index contributed by atoms with van der Waals surface area (Å²) in [6.45, 7) is 8.58. The molecule has 0 saturated carbocycles. The van der Waals surface area contributed by atoms with Crippen LogP contribution in [-0.4, -0.2) is 17.0 Å². The molecule has 0 unspecified atom stereocenters. The Morgan fingerprint density at radius 3 is 2.20 bits per heavy atom. The molecule has 20 heavy (non-hydrogen) atoms. The van der Waals surface area contributed by atoms with Crippen molar-refractivity contribution in [1.82, 2.24) is 9.97 Å². The number of aromatic nitrogens is 2. The maximum absolute atomic E-state index is 4.74. The first-order valence-electron chi connectivity index (χ1n) is 7.19. The fraction of sp³-hybridized carbons (Fsp3) is 0.412. The van der Waals surface area contributed by atoms with Crippen molar-refractivity contribution in [3.63, 3.8) is 0 Å². The second kappa shape index (κ2) is 6.04. The van der Waals surface area contributed by atoms with Crippen LogP contribution in [0.4, 0.5) is 5.82 Å². The van der Waals surface area contributed by atoms with E-state index in [4.69, 9.17) is 4.98 Å². The minimum atomic E-state index is 0.887. The highest BCUT2D eigenvalue weighted by Crippen LogP contribution is 2.28. The Balaban J connectivity index is 2.60. The van der Waals surface area contributed by atoms with E-state index in [1.807, 2.05) is 13.1 Å². The Morgan fingerprint density at radius 1 is 1.00 bits per heavy atom. The predicted octanol–water partition coefficient (Wildman–Crippen LogP) is 4.06. The zero-order chi connectivity index (χ0) is 14.7. The standard InChI is InChI=1S/C17H23N3/c1-6-7-15-19-14(10-16(18-5)20-15)17-12(3)8-11(2)9-13(17)4/h8-10H,6-7H2,1-5H3,(H,18,19,20). The molecule has 1 aromatic carbocycles. The molecule has 1 N–H and O–H groups in total. The van der Waals surface area contributed by atoms with E-state index in [2.05, 4.69) is 50.1 Å². The molecule has 1 aromatic heterocycles. The Bertz CT molecular complexity index is 595. The molecule has 3 nitrogen and oxygen atoms in total. The van der Waals surface area contributed by atoms with E-state index < -0.39 is 0 Å². The summed E-state index contributed by atoms with van der Waals surface area (Å²) in [5.41, 5.74) is 6.08. The van der Waals surface area contributed by atoms with Crippen LogP contribution in [0, 0.1) is 20.8 Å². The van der Waals surface area contributed by atoms with Gasteiger partial charge in [0.1, 0.15) is 11.6 Å². The maximum atomic E-state index is 4.74. The van der Waals surface area contributed by atoms with E-state index in [9.17, 15) is 0 Å². The van der Waals surface area contributed by atoms with Crippen LogP contribution < -0.4 is 5.32 Å². The molecule has 106 valence electrons. The quantitative estimate of drug-likeness (QED) is 0.909. The van der Waals surface area contributed by atoms with Crippen molar-refractivity contribution < 1.29 is 0 Å². The average Bonchev–Trinajstić information content (AvgIpc) is 2.37. The second-order valence-electron chi connectivity index (χ2n) is 5.33. The van der Waals surface area contributed by atoms with Crippen molar-refractivity contribution in [3.8, 4) is 11.3 Å². The molecule has 0 fully saturated rings. The molecular weight excluding hydrogens is 246 g/mol. The fourth-order valence-electron chi connectivity index (χ4n) is 2.67. The summed E-state index contributed by atoms with van der Waals surface area (Å²) in [4.78, 5) is 9.26. The Hall–Kier alpha value is -1.90. The van der Waals surface area contributed by atoms with Crippen LogP contribution in [0.3, 0.4) is 0 Å². The lowest BCUT2D eigenvalue weighted by Crippen LogP contribution is -2.03. The topological polar surface area (TPSA) is 37.8 Å². The summed E-state index contributed by atoms with van der Waals surface area (Å²) in [6, 6.07) is 6.45. The van der Waals surface area contributed by atoms with Crippen LogP contribution in [0.1, 0.15) is 35.9 Å². The zero-order valence-electron chi connectivity index (χ0n) is 13.0. The molecule has 0 radical (unpaired) electrons. The molecule has 0 atom stereocenters. The summed E-state index contributed by atoms with van der Waals surface area (Å²) >= 11 is 0. The van der Waals surface area contributed by atoms with Gasteiger partial charge in [0.05, 0.1) is 5.69 Å². The number of nitrogens with one attached hydrogen (secondary N) is 1. The third kappa shape index (κ3) is 2.98. The minimum Gasteiger partial charge on any atom is -0.373 e. The first kappa shape index (κ1) is 14.5. The Morgan fingerprint density at radius 2 is 1.65 bits per heavy atom. The minimum absolute atomic E-state index is 0.887. The molecule has 0 bridgehead atoms. The van der Waals surface area contributed by atoms with Crippen molar-refractivity contribution in [2.24, 2.45) is 0 Å². The number of hydrogen-bond acceptors (Lipinski definition) is 3. The van der Waals surface area contributed by atoms with Gasteiger partial charge in [-0.05, 0) is 38.3 Å². The number of benzene rings is 1. The Labute approximate surface area is 121 Å². The highest BCUT2D eigenvalue weighted by molar-refractivity contribution is 5.70. The van der Waals surface area contributed by atoms with Crippen molar-refractivity contribution in [2.75, 3.05) is 12.4 Å². The molecule has 0 saturated heterocycles. The van der Waals surface area contributed by atoms with E-state index in [1.165, 1.54) is 22.3 Å². The first-order valence-corrected chi connectivity index (χ1v) is 7.19. The molecular formula is C17H23N3. The third-order valence-electron chi connectivity index (χ3n) is 3.44. The van der Waals surface area contributed by atoms with Crippen LogP contribution in [0.5, 0.6) is 0 Å². The molecule has 0 aliphatic carbocycles. The monoisotopic (exact) mass is 269 g/mol. The fourth-order valence-corrected chi connectivity index (χ4v) is 2.67. The summed E-state index contributed by atoms with van der Waals surface area (Å²) < 4.78 is 0. The van der Waals surface area contributed by atoms with Gasteiger partial charge in [0.15, 0.2) is 0 Å². The lowest BCUT2D eigenvalue weighted by atomic mass is 9.97. The first-order chi connectivity index (χ1) is 9.55. The number of rotatable bonds is 4. The number of aryl methyl sites for hydroxylation is 4. The van der Waals surface area contributed by atoms with Gasteiger partial charge in [-0.15, -0.1) is 0 Å². The van der Waals surface area contributed by atoms with Crippen molar-refractivity contribution in [3.05, 3.63) is 40.7 Å². The lowest BCUT2D eigenvalue weighted by Gasteiger charge is -2.13. The van der Waals surface area contributed by atoms with Gasteiger partial charge in [-0.3, -0.25) is 0 Å². The lowest BCUT2D eigenvalue weighted by molar-refractivity contribution is 0.837. The van der Waals surface area contributed by atoms with Gasteiger partial charge in [-0.2, -0.15) is 0 Å². The molecule has 2 rings (SSSR count). The number of nitrogens with zero attached hydrogens (tertiary/aromatic N) is 2. The molecule has 1 heterocycles. The van der Waals surface area contributed by atoms with Crippen LogP contribution in [0.25, 0.3) is 11.3 Å². The van der Waals surface area contributed by atoms with Gasteiger partial charge in [0.25, 0.3) is 0 Å². The van der Waals surface area contributed by atoms with E-state index in [0.29, 0.717) is 0 Å². The van der Waals surface area contributed by atoms with Gasteiger partial charge in [0.2, 0.25) is 0 Å². The predicted molar refractivity (Wildman–Crippen MR) is 85.2 cm³/mol. The van der Waals surface area contributed by atoms with Gasteiger partial charge in [-0.1, -0.05) is 24.6 Å². The summed E-state index contributed by atoms with van der Waals surface area (Å²) in [5.74, 6) is 1.80. The number of anilines is 1. The van der Waals surface area contributed by atoms with E-state index in [1.54, 1.807) is 0 Å². The normalized spacial score (nSPS) is 10.7. The largest absolute Gasteiger partial charge is 0.373 e. The highest BCUT2D eigenvalue weighted by atomic mass is 15.0. The van der Waals surface area contributed by atoms with E-state index >= 15 is 0 Å². The molecule has 0 amide bonds. The van der Waals surface area contributed by atoms with E-state index in [-0.39, 0.29) is 0 Å². The average molecular weight is 269 g/mol. The summed E-state index contributed by atoms with van der Waals surface area (Å²) in [6.07, 6.45) is 1.96. The van der Waals surface area contributed by atoms with E-state index in [0.717, 1.165) is 30.2 Å². The van der Waals surface area contributed by atoms with Gasteiger partial charge in [-0.25, -0.2) is 9.97 Å². The summed E-state index contributed by atoms with van der Waals surface area (Å²) in [5, 5.41) is 3.14.